The van der Waals surface area contributed by atoms with Crippen LogP contribution in [0.4, 0.5) is 5.13 Å². The Morgan fingerprint density at radius 3 is 2.76 bits per heavy atom. The zero-order valence-corrected chi connectivity index (χ0v) is 15.9. The number of benzene rings is 1. The molecule has 0 saturated heterocycles. The maximum Gasteiger partial charge on any atom is 0.236 e. The van der Waals surface area contributed by atoms with E-state index in [2.05, 4.69) is 33.5 Å². The van der Waals surface area contributed by atoms with Crippen molar-refractivity contribution in [3.05, 3.63) is 40.9 Å². The lowest BCUT2D eigenvalue weighted by Crippen LogP contribution is -2.14. The fourth-order valence-electron chi connectivity index (χ4n) is 2.40. The first-order chi connectivity index (χ1) is 12.1. The minimum atomic E-state index is -0.0950. The molecule has 0 aliphatic heterocycles. The van der Waals surface area contributed by atoms with Crippen molar-refractivity contribution in [1.82, 2.24) is 19.7 Å². The number of amides is 1. The van der Waals surface area contributed by atoms with Crippen molar-refractivity contribution >= 4 is 34.1 Å². The number of anilines is 1. The maximum atomic E-state index is 12.1. The molecule has 1 amide bonds. The summed E-state index contributed by atoms with van der Waals surface area (Å²) in [5, 5.41) is 12.8. The second-order valence-corrected chi connectivity index (χ2v) is 7.66. The predicted molar refractivity (Wildman–Crippen MR) is 102 cm³/mol. The number of carbonyl (C=O) groups is 1. The summed E-state index contributed by atoms with van der Waals surface area (Å²) in [5.74, 6) is 1.01. The summed E-state index contributed by atoms with van der Waals surface area (Å²) in [6, 6.07) is 8.09. The van der Waals surface area contributed by atoms with Gasteiger partial charge >= 0.3 is 0 Å². The fourth-order valence-corrected chi connectivity index (χ4v) is 3.88. The molecule has 0 fully saturated rings. The second-order valence-electron chi connectivity index (χ2n) is 5.48. The first-order valence-corrected chi connectivity index (χ1v) is 9.73. The van der Waals surface area contributed by atoms with Crippen LogP contribution in [-0.2, 0) is 11.3 Å². The van der Waals surface area contributed by atoms with Crippen LogP contribution in [0.3, 0.4) is 0 Å². The Labute approximate surface area is 154 Å². The number of carbonyl (C=O) groups excluding carboxylic acids is 1. The number of thioether (sulfide) groups is 1. The van der Waals surface area contributed by atoms with E-state index in [1.807, 2.05) is 36.6 Å². The van der Waals surface area contributed by atoms with Gasteiger partial charge in [-0.25, -0.2) is 4.98 Å². The van der Waals surface area contributed by atoms with Crippen LogP contribution in [0.2, 0.25) is 0 Å². The van der Waals surface area contributed by atoms with Crippen LogP contribution in [-0.4, -0.2) is 31.4 Å². The van der Waals surface area contributed by atoms with Crippen LogP contribution < -0.4 is 5.32 Å². The third kappa shape index (κ3) is 4.08. The summed E-state index contributed by atoms with van der Waals surface area (Å²) in [6.45, 7) is 6.80. The van der Waals surface area contributed by atoms with Crippen LogP contribution in [0.5, 0.6) is 0 Å². The highest BCUT2D eigenvalue weighted by Gasteiger charge is 2.16. The molecular weight excluding hydrogens is 354 g/mol. The lowest BCUT2D eigenvalue weighted by Gasteiger charge is -2.09. The highest BCUT2D eigenvalue weighted by atomic mass is 32.2. The summed E-state index contributed by atoms with van der Waals surface area (Å²) < 4.78 is 2.04. The van der Waals surface area contributed by atoms with E-state index < -0.39 is 0 Å². The van der Waals surface area contributed by atoms with Crippen molar-refractivity contribution in [2.45, 2.75) is 32.5 Å². The molecule has 0 aliphatic rings. The first kappa shape index (κ1) is 17.6. The van der Waals surface area contributed by atoms with Crippen molar-refractivity contribution < 1.29 is 4.79 Å². The van der Waals surface area contributed by atoms with Gasteiger partial charge in [0.25, 0.3) is 0 Å². The van der Waals surface area contributed by atoms with Gasteiger partial charge in [0.05, 0.1) is 5.75 Å². The number of aryl methyl sites for hydroxylation is 2. The Hall–Kier alpha value is -2.19. The molecule has 2 aromatic heterocycles. The number of rotatable bonds is 6. The molecule has 2 heterocycles. The number of hydrogen-bond acceptors (Lipinski definition) is 6. The van der Waals surface area contributed by atoms with Gasteiger partial charge in [0.15, 0.2) is 16.1 Å². The molecule has 3 rings (SSSR count). The molecule has 3 aromatic rings. The summed E-state index contributed by atoms with van der Waals surface area (Å²) in [6.07, 6.45) is 1.75. The largest absolute Gasteiger partial charge is 0.302 e. The highest BCUT2D eigenvalue weighted by molar-refractivity contribution is 7.99. The van der Waals surface area contributed by atoms with Gasteiger partial charge in [-0.15, -0.1) is 21.5 Å². The van der Waals surface area contributed by atoms with Crippen molar-refractivity contribution in [3.8, 4) is 11.4 Å². The minimum Gasteiger partial charge on any atom is -0.302 e. The van der Waals surface area contributed by atoms with E-state index in [9.17, 15) is 4.79 Å². The van der Waals surface area contributed by atoms with Crippen LogP contribution in [0.15, 0.2) is 35.6 Å². The SMILES string of the molecule is CCn1c(SCC(=O)Nc2ncc(C)s2)nnc1-c1ccccc1C. The Morgan fingerprint density at radius 1 is 1.28 bits per heavy atom. The molecule has 0 saturated carbocycles. The zero-order chi connectivity index (χ0) is 17.8. The van der Waals surface area contributed by atoms with Crippen molar-refractivity contribution in [2.75, 3.05) is 11.1 Å². The van der Waals surface area contributed by atoms with Gasteiger partial charge in [-0.05, 0) is 26.3 Å². The Kier molecular flexibility index (Phi) is 5.50. The normalized spacial score (nSPS) is 10.8. The summed E-state index contributed by atoms with van der Waals surface area (Å²) in [5.41, 5.74) is 2.21. The second kappa shape index (κ2) is 7.79. The maximum absolute atomic E-state index is 12.1. The molecular formula is C17H19N5OS2. The van der Waals surface area contributed by atoms with Crippen molar-refractivity contribution in [2.24, 2.45) is 0 Å². The summed E-state index contributed by atoms with van der Waals surface area (Å²) in [7, 11) is 0. The fraction of sp³-hybridized carbons (Fsp3) is 0.294. The van der Waals surface area contributed by atoms with E-state index in [4.69, 9.17) is 0 Å². The molecule has 8 heteroatoms. The number of nitrogens with one attached hydrogen (secondary N) is 1. The number of nitrogens with zero attached hydrogens (tertiary/aromatic N) is 4. The van der Waals surface area contributed by atoms with Crippen LogP contribution >= 0.6 is 23.1 Å². The molecule has 0 aliphatic carbocycles. The third-order valence-corrected chi connectivity index (χ3v) is 5.41. The standard InChI is InChI=1S/C17H19N5OS2/c1-4-22-15(13-8-6-5-7-11(13)2)20-21-17(22)24-10-14(23)19-16-18-9-12(3)25-16/h5-9H,4,10H2,1-3H3,(H,18,19,23). The van der Waals surface area contributed by atoms with Gasteiger partial charge in [-0.1, -0.05) is 36.0 Å². The molecule has 0 unspecified atom stereocenters. The zero-order valence-electron chi connectivity index (χ0n) is 14.3. The van der Waals surface area contributed by atoms with Crippen LogP contribution in [0, 0.1) is 13.8 Å². The average molecular weight is 374 g/mol. The molecule has 1 N–H and O–H groups in total. The van der Waals surface area contributed by atoms with Gasteiger partial charge in [0, 0.05) is 23.2 Å². The Bertz CT molecular complexity index is 887. The smallest absolute Gasteiger partial charge is 0.236 e. The quantitative estimate of drug-likeness (QED) is 0.666. The molecule has 0 atom stereocenters. The molecule has 6 nitrogen and oxygen atoms in total. The van der Waals surface area contributed by atoms with E-state index in [1.165, 1.54) is 23.1 Å². The van der Waals surface area contributed by atoms with E-state index in [-0.39, 0.29) is 11.7 Å². The van der Waals surface area contributed by atoms with Gasteiger partial charge in [-0.2, -0.15) is 0 Å². The van der Waals surface area contributed by atoms with Gasteiger partial charge in [0.1, 0.15) is 0 Å². The predicted octanol–water partition coefficient (Wildman–Crippen LogP) is 3.77. The Balaban J connectivity index is 1.71. The molecule has 0 spiro atoms. The van der Waals surface area contributed by atoms with Crippen molar-refractivity contribution in [3.63, 3.8) is 0 Å². The van der Waals surface area contributed by atoms with Crippen LogP contribution in [0.1, 0.15) is 17.4 Å². The third-order valence-electron chi connectivity index (χ3n) is 3.62. The van der Waals surface area contributed by atoms with E-state index in [0.717, 1.165) is 33.5 Å². The molecule has 0 bridgehead atoms. The van der Waals surface area contributed by atoms with Gasteiger partial charge in [0.2, 0.25) is 5.91 Å². The van der Waals surface area contributed by atoms with E-state index in [1.54, 1.807) is 6.20 Å². The lowest BCUT2D eigenvalue weighted by atomic mass is 10.1. The summed E-state index contributed by atoms with van der Waals surface area (Å²) >= 11 is 2.84. The van der Waals surface area contributed by atoms with Gasteiger partial charge in [-0.3, -0.25) is 4.79 Å². The molecule has 25 heavy (non-hydrogen) atoms. The minimum absolute atomic E-state index is 0.0950. The van der Waals surface area contributed by atoms with Crippen molar-refractivity contribution in [1.29, 1.82) is 0 Å². The topological polar surface area (TPSA) is 72.7 Å². The van der Waals surface area contributed by atoms with E-state index in [0.29, 0.717) is 5.13 Å². The molecule has 130 valence electrons. The van der Waals surface area contributed by atoms with E-state index >= 15 is 0 Å². The molecule has 0 radical (unpaired) electrons. The van der Waals surface area contributed by atoms with Gasteiger partial charge < -0.3 is 9.88 Å². The monoisotopic (exact) mass is 373 g/mol. The average Bonchev–Trinajstić information content (AvgIpc) is 3.19. The first-order valence-electron chi connectivity index (χ1n) is 7.92. The lowest BCUT2D eigenvalue weighted by molar-refractivity contribution is -0.113. The number of hydrogen-bond donors (Lipinski definition) is 1. The van der Waals surface area contributed by atoms with Crippen LogP contribution in [0.25, 0.3) is 11.4 Å². The molecule has 1 aromatic carbocycles. The number of thiazole rings is 1. The highest BCUT2D eigenvalue weighted by Crippen LogP contribution is 2.26. The number of aromatic nitrogens is 4. The Morgan fingerprint density at radius 2 is 2.08 bits per heavy atom. The summed E-state index contributed by atoms with van der Waals surface area (Å²) in [4.78, 5) is 17.3.